The van der Waals surface area contributed by atoms with E-state index in [1.54, 1.807) is 0 Å². The molecule has 2 nitrogen and oxygen atoms in total. The minimum Gasteiger partial charge on any atom is -0.360 e. The van der Waals surface area contributed by atoms with Crippen LogP contribution in [-0.4, -0.2) is 38.7 Å². The van der Waals surface area contributed by atoms with E-state index in [9.17, 15) is 26.3 Å². The number of likely N-dealkylation sites (N-methyl/N-ethyl adjacent to an activating group) is 1. The van der Waals surface area contributed by atoms with E-state index < -0.39 is 25.1 Å². The molecule has 0 bridgehead atoms. The molecule has 1 N–H and O–H groups in total. The number of nitrogens with one attached hydrogen (secondary N) is 1. The Morgan fingerprint density at radius 2 is 1.50 bits per heavy atom. The Hall–Kier alpha value is -0.500. The topological polar surface area (TPSA) is 21.3 Å². The standard InChI is InChI=1S/C6H9F6NO/c1-13-2-3-14-4(5(7,8)9)6(10,11)12/h4,13H,2-3H2,1H3. The Balaban J connectivity index is 4.28. The molecule has 8 heteroatoms. The third kappa shape index (κ3) is 4.66. The van der Waals surface area contributed by atoms with Crippen LogP contribution in [0.2, 0.25) is 0 Å². The Morgan fingerprint density at radius 1 is 1.07 bits per heavy atom. The van der Waals surface area contributed by atoms with Crippen LogP contribution in [0.5, 0.6) is 0 Å². The largest absolute Gasteiger partial charge is 0.423 e. The second-order valence-corrected chi connectivity index (χ2v) is 2.44. The van der Waals surface area contributed by atoms with Gasteiger partial charge in [0.1, 0.15) is 0 Å². The van der Waals surface area contributed by atoms with Crippen LogP contribution in [0.1, 0.15) is 0 Å². The van der Waals surface area contributed by atoms with Crippen molar-refractivity contribution < 1.29 is 31.1 Å². The molecule has 0 rings (SSSR count). The van der Waals surface area contributed by atoms with E-state index >= 15 is 0 Å². The van der Waals surface area contributed by atoms with Gasteiger partial charge in [0.15, 0.2) is 0 Å². The van der Waals surface area contributed by atoms with Gasteiger partial charge in [0.05, 0.1) is 6.61 Å². The molecule has 0 aliphatic carbocycles. The number of rotatable bonds is 4. The minimum absolute atomic E-state index is 0.0807. The SMILES string of the molecule is CNCCOC(C(F)(F)F)C(F)(F)F. The van der Waals surface area contributed by atoms with Gasteiger partial charge in [-0.15, -0.1) is 0 Å². The fourth-order valence-electron chi connectivity index (χ4n) is 0.653. The summed E-state index contributed by atoms with van der Waals surface area (Å²) in [4.78, 5) is 0. The van der Waals surface area contributed by atoms with Crippen LogP contribution in [0.25, 0.3) is 0 Å². The number of ether oxygens (including phenoxy) is 1. The zero-order chi connectivity index (χ0) is 11.4. The van der Waals surface area contributed by atoms with Crippen LogP contribution in [-0.2, 0) is 4.74 Å². The second-order valence-electron chi connectivity index (χ2n) is 2.44. The van der Waals surface area contributed by atoms with E-state index in [1.165, 1.54) is 7.05 Å². The molecule has 0 radical (unpaired) electrons. The molecule has 0 saturated carbocycles. The summed E-state index contributed by atoms with van der Waals surface area (Å²) in [5.74, 6) is 0. The van der Waals surface area contributed by atoms with Gasteiger partial charge in [-0.1, -0.05) is 0 Å². The van der Waals surface area contributed by atoms with Crippen LogP contribution in [0.4, 0.5) is 26.3 Å². The average molecular weight is 225 g/mol. The van der Waals surface area contributed by atoms with Crippen molar-refractivity contribution in [2.45, 2.75) is 18.5 Å². The summed E-state index contributed by atoms with van der Waals surface area (Å²) in [6.07, 6.45) is -14.6. The van der Waals surface area contributed by atoms with Crippen molar-refractivity contribution in [1.29, 1.82) is 0 Å². The second kappa shape index (κ2) is 4.83. The van der Waals surface area contributed by atoms with Gasteiger partial charge >= 0.3 is 12.4 Å². The maximum Gasteiger partial charge on any atom is 0.423 e. The molecule has 0 aliphatic heterocycles. The molecule has 0 amide bonds. The van der Waals surface area contributed by atoms with E-state index in [-0.39, 0.29) is 6.54 Å². The molecule has 0 aromatic carbocycles. The lowest BCUT2D eigenvalue weighted by atomic mass is 10.3. The molecular formula is C6H9F6NO. The first kappa shape index (κ1) is 13.5. The molecule has 86 valence electrons. The molecular weight excluding hydrogens is 216 g/mol. The Morgan fingerprint density at radius 3 is 1.79 bits per heavy atom. The van der Waals surface area contributed by atoms with Crippen molar-refractivity contribution in [2.24, 2.45) is 0 Å². The number of hydrogen-bond acceptors (Lipinski definition) is 2. The van der Waals surface area contributed by atoms with E-state index in [2.05, 4.69) is 10.1 Å². The summed E-state index contributed by atoms with van der Waals surface area (Å²) in [5.41, 5.74) is 0. The summed E-state index contributed by atoms with van der Waals surface area (Å²) in [6, 6.07) is 0. The summed E-state index contributed by atoms with van der Waals surface area (Å²) in [5, 5.41) is 2.37. The molecule has 0 fully saturated rings. The van der Waals surface area contributed by atoms with E-state index in [1.807, 2.05) is 0 Å². The molecule has 0 spiro atoms. The third-order valence-corrected chi connectivity index (χ3v) is 1.23. The van der Waals surface area contributed by atoms with Crippen molar-refractivity contribution >= 4 is 0 Å². The summed E-state index contributed by atoms with van der Waals surface area (Å²) < 4.78 is 74.4. The predicted molar refractivity (Wildman–Crippen MR) is 35.8 cm³/mol. The van der Waals surface area contributed by atoms with Gasteiger partial charge in [0.25, 0.3) is 0 Å². The van der Waals surface area contributed by atoms with E-state index in [0.29, 0.717) is 0 Å². The normalized spacial score (nSPS) is 13.7. The lowest BCUT2D eigenvalue weighted by molar-refractivity contribution is -0.321. The van der Waals surface area contributed by atoms with Gasteiger partial charge in [-0.25, -0.2) is 0 Å². The summed E-state index contributed by atoms with van der Waals surface area (Å²) in [7, 11) is 1.39. The molecule has 0 atom stereocenters. The first-order chi connectivity index (χ1) is 6.19. The van der Waals surface area contributed by atoms with Crippen LogP contribution in [0.3, 0.4) is 0 Å². The van der Waals surface area contributed by atoms with Crippen LogP contribution >= 0.6 is 0 Å². The quantitative estimate of drug-likeness (QED) is 0.581. The van der Waals surface area contributed by atoms with Gasteiger partial charge in [0, 0.05) is 6.54 Å². The zero-order valence-electron chi connectivity index (χ0n) is 7.17. The summed E-state index contributed by atoms with van der Waals surface area (Å²) in [6.45, 7) is -0.733. The Kier molecular flexibility index (Phi) is 4.66. The molecule has 0 aromatic rings. The van der Waals surface area contributed by atoms with E-state index in [4.69, 9.17) is 0 Å². The monoisotopic (exact) mass is 225 g/mol. The van der Waals surface area contributed by atoms with Crippen LogP contribution in [0, 0.1) is 0 Å². The maximum absolute atomic E-state index is 11.8. The van der Waals surface area contributed by atoms with Crippen molar-refractivity contribution in [3.05, 3.63) is 0 Å². The Bertz CT molecular complexity index is 151. The number of hydrogen-bond donors (Lipinski definition) is 1. The molecule has 0 unspecified atom stereocenters. The molecule has 0 aromatic heterocycles. The smallest absolute Gasteiger partial charge is 0.360 e. The highest BCUT2D eigenvalue weighted by molar-refractivity contribution is 4.75. The van der Waals surface area contributed by atoms with Crippen molar-refractivity contribution in [1.82, 2.24) is 5.32 Å². The fraction of sp³-hybridized carbons (Fsp3) is 1.00. The zero-order valence-corrected chi connectivity index (χ0v) is 7.17. The van der Waals surface area contributed by atoms with Crippen LogP contribution < -0.4 is 5.32 Å². The average Bonchev–Trinajstić information content (AvgIpc) is 1.92. The van der Waals surface area contributed by atoms with E-state index in [0.717, 1.165) is 0 Å². The van der Waals surface area contributed by atoms with Crippen molar-refractivity contribution in [2.75, 3.05) is 20.2 Å². The summed E-state index contributed by atoms with van der Waals surface area (Å²) >= 11 is 0. The molecule has 0 heterocycles. The van der Waals surface area contributed by atoms with Crippen LogP contribution in [0.15, 0.2) is 0 Å². The molecule has 14 heavy (non-hydrogen) atoms. The van der Waals surface area contributed by atoms with Crippen molar-refractivity contribution in [3.8, 4) is 0 Å². The van der Waals surface area contributed by atoms with Crippen molar-refractivity contribution in [3.63, 3.8) is 0 Å². The minimum atomic E-state index is -5.42. The van der Waals surface area contributed by atoms with Gasteiger partial charge in [0.2, 0.25) is 6.10 Å². The first-order valence-corrected chi connectivity index (χ1v) is 3.59. The highest BCUT2D eigenvalue weighted by Crippen LogP contribution is 2.35. The predicted octanol–water partition coefficient (Wildman–Crippen LogP) is 1.72. The lowest BCUT2D eigenvalue weighted by Crippen LogP contribution is -2.45. The first-order valence-electron chi connectivity index (χ1n) is 3.59. The highest BCUT2D eigenvalue weighted by Gasteiger charge is 2.57. The lowest BCUT2D eigenvalue weighted by Gasteiger charge is -2.22. The van der Waals surface area contributed by atoms with Gasteiger partial charge in [-0.2, -0.15) is 26.3 Å². The van der Waals surface area contributed by atoms with Gasteiger partial charge in [-0.05, 0) is 7.05 Å². The van der Waals surface area contributed by atoms with Gasteiger partial charge < -0.3 is 10.1 Å². The molecule has 0 aliphatic rings. The highest BCUT2D eigenvalue weighted by atomic mass is 19.4. The van der Waals surface area contributed by atoms with Gasteiger partial charge in [-0.3, -0.25) is 0 Å². The molecule has 0 saturated heterocycles. The third-order valence-electron chi connectivity index (χ3n) is 1.23. The maximum atomic E-state index is 11.8. The Labute approximate surface area is 76.2 Å². The number of alkyl halides is 6. The fourth-order valence-corrected chi connectivity index (χ4v) is 0.653. The number of halogens is 6.